The molecule has 0 radical (unpaired) electrons. The van der Waals surface area contributed by atoms with Crippen molar-refractivity contribution in [3.63, 3.8) is 0 Å². The average molecular weight is 260 g/mol. The van der Waals surface area contributed by atoms with Gasteiger partial charge in [0.25, 0.3) is 0 Å². The van der Waals surface area contributed by atoms with Gasteiger partial charge in [-0.15, -0.1) is 0 Å². The van der Waals surface area contributed by atoms with E-state index in [1.807, 2.05) is 12.1 Å². The zero-order valence-corrected chi connectivity index (χ0v) is 13.1. The minimum atomic E-state index is 0.147. The van der Waals surface area contributed by atoms with Gasteiger partial charge in [0.05, 0.1) is 0 Å². The molecule has 0 amide bonds. The Labute approximate surface area is 118 Å². The van der Waals surface area contributed by atoms with Crippen LogP contribution < -0.4 is 0 Å². The number of ketones is 1. The molecular formula is C18H28O. The Morgan fingerprint density at radius 3 is 2.11 bits per heavy atom. The molecule has 1 nitrogen and oxygen atoms in total. The van der Waals surface area contributed by atoms with E-state index in [0.717, 1.165) is 31.2 Å². The van der Waals surface area contributed by atoms with Crippen LogP contribution in [0.5, 0.6) is 0 Å². The van der Waals surface area contributed by atoms with E-state index in [9.17, 15) is 4.79 Å². The summed E-state index contributed by atoms with van der Waals surface area (Å²) in [6.07, 6.45) is 4.27. The van der Waals surface area contributed by atoms with Gasteiger partial charge < -0.3 is 0 Å². The monoisotopic (exact) mass is 260 g/mol. The second-order valence-corrected chi connectivity index (χ2v) is 6.44. The van der Waals surface area contributed by atoms with Crippen molar-refractivity contribution < 1.29 is 4.79 Å². The van der Waals surface area contributed by atoms with E-state index in [1.165, 1.54) is 5.56 Å². The van der Waals surface area contributed by atoms with E-state index in [2.05, 4.69) is 46.8 Å². The highest BCUT2D eigenvalue weighted by Crippen LogP contribution is 2.24. The number of Topliss-reactive ketones (excluding diaryl/α,β-unsaturated/α-hetero) is 1. The lowest BCUT2D eigenvalue weighted by atomic mass is 9.85. The molecule has 0 N–H and O–H groups in total. The van der Waals surface area contributed by atoms with Gasteiger partial charge in [0.15, 0.2) is 5.78 Å². The minimum absolute atomic E-state index is 0.147. The molecule has 1 aromatic rings. The molecule has 0 saturated carbocycles. The molecule has 19 heavy (non-hydrogen) atoms. The van der Waals surface area contributed by atoms with Gasteiger partial charge in [-0.3, -0.25) is 4.79 Å². The van der Waals surface area contributed by atoms with Crippen molar-refractivity contribution in [2.45, 2.75) is 65.7 Å². The standard InChI is InChI=1S/C18H28O/c1-6-8-9-14(7-2)17(19)15-10-12-16(13-11-15)18(3,4)5/h10-14H,6-9H2,1-5H3. The Hall–Kier alpha value is -1.11. The Morgan fingerprint density at radius 2 is 1.68 bits per heavy atom. The molecule has 1 aromatic carbocycles. The fraction of sp³-hybridized carbons (Fsp3) is 0.611. The molecule has 0 aliphatic heterocycles. The van der Waals surface area contributed by atoms with E-state index in [0.29, 0.717) is 5.78 Å². The minimum Gasteiger partial charge on any atom is -0.294 e. The third kappa shape index (κ3) is 4.49. The molecule has 0 aromatic heterocycles. The van der Waals surface area contributed by atoms with E-state index in [-0.39, 0.29) is 11.3 Å². The van der Waals surface area contributed by atoms with Gasteiger partial charge >= 0.3 is 0 Å². The van der Waals surface area contributed by atoms with Crippen LogP contribution in [-0.2, 0) is 5.41 Å². The second kappa shape index (κ2) is 6.88. The van der Waals surface area contributed by atoms with Crippen LogP contribution in [0, 0.1) is 5.92 Å². The fourth-order valence-corrected chi connectivity index (χ4v) is 2.34. The number of carbonyl (C=O) groups excluding carboxylic acids is 1. The maximum absolute atomic E-state index is 12.4. The van der Waals surface area contributed by atoms with E-state index >= 15 is 0 Å². The summed E-state index contributed by atoms with van der Waals surface area (Å²) in [5.41, 5.74) is 2.30. The Bertz CT molecular complexity index is 395. The van der Waals surface area contributed by atoms with Crippen LogP contribution in [0.3, 0.4) is 0 Å². The zero-order valence-electron chi connectivity index (χ0n) is 13.1. The maximum atomic E-state index is 12.4. The maximum Gasteiger partial charge on any atom is 0.165 e. The lowest BCUT2D eigenvalue weighted by Gasteiger charge is -2.19. The lowest BCUT2D eigenvalue weighted by molar-refractivity contribution is 0.0908. The first-order valence-corrected chi connectivity index (χ1v) is 7.54. The lowest BCUT2D eigenvalue weighted by Crippen LogP contribution is -2.15. The van der Waals surface area contributed by atoms with Crippen LogP contribution in [0.1, 0.15) is 76.2 Å². The largest absolute Gasteiger partial charge is 0.294 e. The van der Waals surface area contributed by atoms with E-state index in [4.69, 9.17) is 0 Å². The van der Waals surface area contributed by atoms with Crippen molar-refractivity contribution >= 4 is 5.78 Å². The summed E-state index contributed by atoms with van der Waals surface area (Å²) in [7, 11) is 0. The Balaban J connectivity index is 2.82. The first kappa shape index (κ1) is 15.9. The normalized spacial score (nSPS) is 13.3. The van der Waals surface area contributed by atoms with Crippen LogP contribution in [0.2, 0.25) is 0 Å². The van der Waals surface area contributed by atoms with Gasteiger partial charge in [-0.2, -0.15) is 0 Å². The summed E-state index contributed by atoms with van der Waals surface area (Å²) in [4.78, 5) is 12.4. The molecular weight excluding hydrogens is 232 g/mol. The molecule has 0 saturated heterocycles. The molecule has 1 heteroatoms. The molecule has 1 atom stereocenters. The highest BCUT2D eigenvalue weighted by atomic mass is 16.1. The van der Waals surface area contributed by atoms with Crippen LogP contribution in [0.4, 0.5) is 0 Å². The molecule has 106 valence electrons. The quantitative estimate of drug-likeness (QED) is 0.627. The molecule has 0 aliphatic carbocycles. The number of carbonyl (C=O) groups is 1. The van der Waals surface area contributed by atoms with Crippen LogP contribution in [0.25, 0.3) is 0 Å². The zero-order chi connectivity index (χ0) is 14.5. The number of benzene rings is 1. The number of rotatable bonds is 6. The Kier molecular flexibility index (Phi) is 5.78. The predicted molar refractivity (Wildman–Crippen MR) is 82.8 cm³/mol. The molecule has 0 bridgehead atoms. The third-order valence-electron chi connectivity index (χ3n) is 3.81. The van der Waals surface area contributed by atoms with Crippen molar-refractivity contribution in [1.82, 2.24) is 0 Å². The molecule has 1 unspecified atom stereocenters. The summed E-state index contributed by atoms with van der Waals surface area (Å²) < 4.78 is 0. The van der Waals surface area contributed by atoms with Crippen molar-refractivity contribution in [2.75, 3.05) is 0 Å². The highest BCUT2D eigenvalue weighted by molar-refractivity contribution is 5.97. The SMILES string of the molecule is CCCCC(CC)C(=O)c1ccc(C(C)(C)C)cc1. The van der Waals surface area contributed by atoms with Gasteiger partial charge in [0.2, 0.25) is 0 Å². The van der Waals surface area contributed by atoms with Crippen LogP contribution >= 0.6 is 0 Å². The predicted octanol–water partition coefficient (Wildman–Crippen LogP) is 5.38. The summed E-state index contributed by atoms with van der Waals surface area (Å²) in [5, 5.41) is 0. The average Bonchev–Trinajstić information content (AvgIpc) is 2.38. The fourth-order valence-electron chi connectivity index (χ4n) is 2.34. The Morgan fingerprint density at radius 1 is 1.11 bits per heavy atom. The number of unbranched alkanes of at least 4 members (excludes halogenated alkanes) is 1. The van der Waals surface area contributed by atoms with Crippen molar-refractivity contribution in [1.29, 1.82) is 0 Å². The molecule has 0 aliphatic rings. The van der Waals surface area contributed by atoms with E-state index < -0.39 is 0 Å². The van der Waals surface area contributed by atoms with Crippen molar-refractivity contribution in [3.8, 4) is 0 Å². The van der Waals surface area contributed by atoms with Gasteiger partial charge in [0, 0.05) is 11.5 Å². The molecule has 0 spiro atoms. The van der Waals surface area contributed by atoms with Gasteiger partial charge in [0.1, 0.15) is 0 Å². The molecule has 0 fully saturated rings. The summed E-state index contributed by atoms with van der Waals surface area (Å²) in [5.74, 6) is 0.511. The first-order chi connectivity index (χ1) is 8.90. The first-order valence-electron chi connectivity index (χ1n) is 7.54. The number of hydrogen-bond acceptors (Lipinski definition) is 1. The number of hydrogen-bond donors (Lipinski definition) is 0. The molecule has 0 heterocycles. The highest BCUT2D eigenvalue weighted by Gasteiger charge is 2.19. The van der Waals surface area contributed by atoms with Crippen molar-refractivity contribution in [2.24, 2.45) is 5.92 Å². The third-order valence-corrected chi connectivity index (χ3v) is 3.81. The smallest absolute Gasteiger partial charge is 0.165 e. The summed E-state index contributed by atoms with van der Waals surface area (Å²) >= 11 is 0. The summed E-state index contributed by atoms with van der Waals surface area (Å²) in [6, 6.07) is 8.19. The second-order valence-electron chi connectivity index (χ2n) is 6.44. The molecule has 1 rings (SSSR count). The van der Waals surface area contributed by atoms with E-state index in [1.54, 1.807) is 0 Å². The van der Waals surface area contributed by atoms with Gasteiger partial charge in [-0.05, 0) is 23.8 Å². The topological polar surface area (TPSA) is 17.1 Å². The summed E-state index contributed by atoms with van der Waals surface area (Å²) in [6.45, 7) is 10.9. The van der Waals surface area contributed by atoms with Crippen LogP contribution in [0.15, 0.2) is 24.3 Å². The van der Waals surface area contributed by atoms with Crippen LogP contribution in [-0.4, -0.2) is 5.78 Å². The van der Waals surface area contributed by atoms with Gasteiger partial charge in [-0.1, -0.05) is 71.7 Å². The van der Waals surface area contributed by atoms with Crippen molar-refractivity contribution in [3.05, 3.63) is 35.4 Å². The van der Waals surface area contributed by atoms with Gasteiger partial charge in [-0.25, -0.2) is 0 Å².